The van der Waals surface area contributed by atoms with Crippen LogP contribution in [0.2, 0.25) is 0 Å². The van der Waals surface area contributed by atoms with Gasteiger partial charge in [0.2, 0.25) is 10.8 Å². The van der Waals surface area contributed by atoms with E-state index in [2.05, 4.69) is 13.2 Å². The molecule has 8 nitrogen and oxygen atoms in total. The fourth-order valence-electron chi connectivity index (χ4n) is 5.03. The minimum Gasteiger partial charge on any atom is -0.460 e. The lowest BCUT2D eigenvalue weighted by atomic mass is 9.57. The second-order valence-corrected chi connectivity index (χ2v) is 8.04. The van der Waals surface area contributed by atoms with Crippen LogP contribution in [0.15, 0.2) is 73.8 Å². The Morgan fingerprint density at radius 3 is 1.47 bits per heavy atom. The summed E-state index contributed by atoms with van der Waals surface area (Å²) in [4.78, 5) is 58.7. The number of ether oxygens (including phenoxy) is 2. The fraction of sp³-hybridized carbons (Fsp3) is 0.231. The first-order chi connectivity index (χ1) is 16.3. The summed E-state index contributed by atoms with van der Waals surface area (Å²) in [6.45, 7) is 6.69. The Morgan fingerprint density at radius 1 is 0.765 bits per heavy atom. The molecule has 0 aliphatic carbocycles. The van der Waals surface area contributed by atoms with Gasteiger partial charge in [0, 0.05) is 36.6 Å². The summed E-state index contributed by atoms with van der Waals surface area (Å²) in [7, 11) is 2.98. The van der Waals surface area contributed by atoms with E-state index in [1.807, 2.05) is 0 Å². The maximum atomic E-state index is 14.1. The molecule has 8 heteroatoms. The Bertz CT molecular complexity index is 1140. The van der Waals surface area contributed by atoms with Crippen molar-refractivity contribution in [2.75, 3.05) is 37.1 Å². The number of anilines is 2. The quantitative estimate of drug-likeness (QED) is 0.358. The van der Waals surface area contributed by atoms with Crippen molar-refractivity contribution < 1.29 is 28.7 Å². The standard InChI is InChI=1S/C26H24N2O6/c1-5-15-33-23(31)25(17-11-7-9-13-19(17)27(3)21(25)29)26(24(32)34-16-6-2)18-12-8-10-14-20(18)28(4)22(26)30/h5-14H,1-2,15-16H2,3-4H3. The normalized spacial score (nSPS) is 22.8. The van der Waals surface area contributed by atoms with E-state index in [1.165, 1.54) is 36.0 Å². The SMILES string of the molecule is C=CCOC(=O)C1(C2(C(=O)OCC=C)C(=O)N(C)c3ccccc32)C(=O)N(C)c2ccccc21. The Hall–Kier alpha value is -4.20. The average Bonchev–Trinajstić information content (AvgIpc) is 3.22. The summed E-state index contributed by atoms with van der Waals surface area (Å²) >= 11 is 0. The highest BCUT2D eigenvalue weighted by molar-refractivity contribution is 6.34. The maximum absolute atomic E-state index is 14.1. The molecule has 2 aliphatic rings. The number of hydrogen-bond acceptors (Lipinski definition) is 6. The predicted molar refractivity (Wildman–Crippen MR) is 125 cm³/mol. The van der Waals surface area contributed by atoms with Gasteiger partial charge in [-0.05, 0) is 12.1 Å². The van der Waals surface area contributed by atoms with Crippen LogP contribution < -0.4 is 9.80 Å². The van der Waals surface area contributed by atoms with E-state index in [0.29, 0.717) is 11.4 Å². The van der Waals surface area contributed by atoms with Gasteiger partial charge in [-0.25, -0.2) is 0 Å². The minimum atomic E-state index is -2.36. The van der Waals surface area contributed by atoms with Gasteiger partial charge in [0.15, 0.2) is 0 Å². The van der Waals surface area contributed by atoms with Crippen molar-refractivity contribution in [2.45, 2.75) is 10.8 Å². The molecular formula is C26H24N2O6. The van der Waals surface area contributed by atoms with Crippen LogP contribution in [0.1, 0.15) is 11.1 Å². The van der Waals surface area contributed by atoms with Gasteiger partial charge in [-0.1, -0.05) is 61.7 Å². The number of hydrogen-bond donors (Lipinski definition) is 0. The zero-order valence-corrected chi connectivity index (χ0v) is 18.9. The molecule has 0 N–H and O–H groups in total. The number of nitrogens with zero attached hydrogens (tertiary/aromatic N) is 2. The number of carbonyl (C=O) groups excluding carboxylic acids is 4. The Labute approximate surface area is 197 Å². The minimum absolute atomic E-state index is 0.186. The van der Waals surface area contributed by atoms with E-state index in [0.717, 1.165) is 0 Å². The topological polar surface area (TPSA) is 93.2 Å². The highest BCUT2D eigenvalue weighted by atomic mass is 16.5. The van der Waals surface area contributed by atoms with E-state index >= 15 is 0 Å². The van der Waals surface area contributed by atoms with Crippen LogP contribution in [0, 0.1) is 0 Å². The molecule has 34 heavy (non-hydrogen) atoms. The predicted octanol–water partition coefficient (Wildman–Crippen LogP) is 2.27. The number of para-hydroxylation sites is 2. The van der Waals surface area contributed by atoms with Crippen molar-refractivity contribution in [1.82, 2.24) is 0 Å². The molecule has 0 spiro atoms. The van der Waals surface area contributed by atoms with Crippen LogP contribution in [0.25, 0.3) is 0 Å². The monoisotopic (exact) mass is 460 g/mol. The molecule has 0 saturated heterocycles. The van der Waals surface area contributed by atoms with Crippen molar-refractivity contribution in [3.8, 4) is 0 Å². The molecule has 2 aromatic rings. The van der Waals surface area contributed by atoms with Gasteiger partial charge < -0.3 is 19.3 Å². The second-order valence-electron chi connectivity index (χ2n) is 8.04. The largest absolute Gasteiger partial charge is 0.460 e. The molecule has 2 aromatic carbocycles. The van der Waals surface area contributed by atoms with E-state index in [4.69, 9.17) is 9.47 Å². The number of rotatable bonds is 7. The third-order valence-electron chi connectivity index (χ3n) is 6.43. The number of benzene rings is 2. The van der Waals surface area contributed by atoms with Gasteiger partial charge in [0.1, 0.15) is 13.2 Å². The molecule has 2 atom stereocenters. The summed E-state index contributed by atoms with van der Waals surface area (Å²) in [5.41, 5.74) is -3.58. The molecule has 0 radical (unpaired) electrons. The van der Waals surface area contributed by atoms with Gasteiger partial charge >= 0.3 is 11.9 Å². The summed E-state index contributed by atoms with van der Waals surface area (Å²) in [5.74, 6) is -3.61. The van der Waals surface area contributed by atoms with Crippen LogP contribution in [0.4, 0.5) is 11.4 Å². The van der Waals surface area contributed by atoms with Crippen molar-refractivity contribution >= 4 is 35.1 Å². The fourth-order valence-corrected chi connectivity index (χ4v) is 5.03. The van der Waals surface area contributed by atoms with Crippen LogP contribution in [0.5, 0.6) is 0 Å². The lowest BCUT2D eigenvalue weighted by Gasteiger charge is -2.39. The molecule has 2 unspecified atom stereocenters. The lowest BCUT2D eigenvalue weighted by Crippen LogP contribution is -2.67. The number of carbonyl (C=O) groups is 4. The second kappa shape index (κ2) is 8.30. The number of fused-ring (bicyclic) bond motifs is 2. The van der Waals surface area contributed by atoms with Gasteiger partial charge in [0.05, 0.1) is 0 Å². The van der Waals surface area contributed by atoms with Gasteiger partial charge in [0.25, 0.3) is 11.8 Å². The average molecular weight is 460 g/mol. The molecular weight excluding hydrogens is 436 g/mol. The Balaban J connectivity index is 2.18. The zero-order chi connectivity index (χ0) is 24.7. The Morgan fingerprint density at radius 2 is 1.12 bits per heavy atom. The number of amides is 2. The van der Waals surface area contributed by atoms with Crippen molar-refractivity contribution in [3.63, 3.8) is 0 Å². The van der Waals surface area contributed by atoms with Crippen molar-refractivity contribution in [2.24, 2.45) is 0 Å². The molecule has 0 bridgehead atoms. The van der Waals surface area contributed by atoms with Crippen LogP contribution >= 0.6 is 0 Å². The van der Waals surface area contributed by atoms with Crippen LogP contribution in [-0.2, 0) is 39.5 Å². The highest BCUT2D eigenvalue weighted by Gasteiger charge is 2.79. The van der Waals surface area contributed by atoms with Crippen molar-refractivity contribution in [3.05, 3.63) is 85.0 Å². The third kappa shape index (κ3) is 2.65. The van der Waals surface area contributed by atoms with E-state index in [1.54, 1.807) is 48.5 Å². The van der Waals surface area contributed by atoms with Crippen LogP contribution in [-0.4, -0.2) is 51.1 Å². The first kappa shape index (κ1) is 23.0. The number of likely N-dealkylation sites (N-methyl/N-ethyl adjacent to an activating group) is 2. The number of esters is 2. The molecule has 2 amide bonds. The summed E-state index contributed by atoms with van der Waals surface area (Å²) in [5, 5.41) is 0. The summed E-state index contributed by atoms with van der Waals surface area (Å²) < 4.78 is 10.9. The zero-order valence-electron chi connectivity index (χ0n) is 18.9. The summed E-state index contributed by atoms with van der Waals surface area (Å²) in [6, 6.07) is 13.1. The Kier molecular flexibility index (Phi) is 5.61. The molecule has 0 aromatic heterocycles. The smallest absolute Gasteiger partial charge is 0.328 e. The van der Waals surface area contributed by atoms with E-state index in [9.17, 15) is 19.2 Å². The molecule has 0 saturated carbocycles. The molecule has 0 fully saturated rings. The van der Waals surface area contributed by atoms with E-state index in [-0.39, 0.29) is 24.3 Å². The van der Waals surface area contributed by atoms with Gasteiger partial charge in [-0.2, -0.15) is 0 Å². The first-order valence-electron chi connectivity index (χ1n) is 10.6. The van der Waals surface area contributed by atoms with Gasteiger partial charge in [-0.3, -0.25) is 19.2 Å². The lowest BCUT2D eigenvalue weighted by molar-refractivity contribution is -0.170. The summed E-state index contributed by atoms with van der Waals surface area (Å²) in [6.07, 6.45) is 2.69. The van der Waals surface area contributed by atoms with Crippen LogP contribution in [0.3, 0.4) is 0 Å². The highest BCUT2D eigenvalue weighted by Crippen LogP contribution is 2.59. The van der Waals surface area contributed by atoms with Gasteiger partial charge in [-0.15, -0.1) is 0 Å². The molecule has 4 rings (SSSR count). The molecule has 2 heterocycles. The van der Waals surface area contributed by atoms with Crippen molar-refractivity contribution in [1.29, 1.82) is 0 Å². The maximum Gasteiger partial charge on any atom is 0.328 e. The first-order valence-corrected chi connectivity index (χ1v) is 10.6. The molecule has 174 valence electrons. The molecule has 2 aliphatic heterocycles. The third-order valence-corrected chi connectivity index (χ3v) is 6.43. The van der Waals surface area contributed by atoms with E-state index < -0.39 is 34.6 Å².